The lowest BCUT2D eigenvalue weighted by atomic mass is 10.1. The van der Waals surface area contributed by atoms with Gasteiger partial charge in [0.2, 0.25) is 0 Å². The van der Waals surface area contributed by atoms with Crippen LogP contribution in [0.5, 0.6) is 17.2 Å². The number of nitrogens with zero attached hydrogens (tertiary/aromatic N) is 1. The van der Waals surface area contributed by atoms with Crippen LogP contribution >= 0.6 is 27.5 Å². The van der Waals surface area contributed by atoms with Gasteiger partial charge in [0.15, 0.2) is 11.5 Å². The Morgan fingerprint density at radius 2 is 1.82 bits per heavy atom. The molecule has 0 aliphatic carbocycles. The predicted octanol–water partition coefficient (Wildman–Crippen LogP) is 6.63. The molecule has 0 heterocycles. The van der Waals surface area contributed by atoms with Gasteiger partial charge in [0.1, 0.15) is 24.0 Å². The summed E-state index contributed by atoms with van der Waals surface area (Å²) in [6.07, 6.45) is 1.45. The lowest BCUT2D eigenvalue weighted by Crippen LogP contribution is -2.13. The first-order valence-corrected chi connectivity index (χ1v) is 11.5. The molecular weight excluding hydrogens is 520 g/mol. The van der Waals surface area contributed by atoms with Gasteiger partial charge in [0.25, 0.3) is 5.91 Å². The quantitative estimate of drug-likeness (QED) is 0.243. The normalized spacial score (nSPS) is 10.9. The van der Waals surface area contributed by atoms with Crippen molar-refractivity contribution in [2.45, 2.75) is 13.5 Å². The molecule has 0 aromatic heterocycles. The molecule has 0 fully saturated rings. The van der Waals surface area contributed by atoms with E-state index in [2.05, 4.69) is 21.2 Å². The van der Waals surface area contributed by atoms with Crippen molar-refractivity contribution in [2.75, 3.05) is 19.0 Å². The monoisotopic (exact) mass is 540 g/mol. The first-order chi connectivity index (χ1) is 16.4. The summed E-state index contributed by atoms with van der Waals surface area (Å²) < 4.78 is 17.7. The van der Waals surface area contributed by atoms with Gasteiger partial charge in [-0.1, -0.05) is 39.7 Å². The molecule has 0 radical (unpaired) electrons. The minimum absolute atomic E-state index is 0.0853. The highest BCUT2D eigenvalue weighted by Gasteiger charge is 2.15. The molecule has 8 heteroatoms. The van der Waals surface area contributed by atoms with Crippen LogP contribution in [0.25, 0.3) is 6.08 Å². The first kappa shape index (κ1) is 25.2. The number of carbonyl (C=O) groups is 1. The second kappa shape index (κ2) is 12.1. The number of carbonyl (C=O) groups excluding carboxylic acids is 1. The smallest absolute Gasteiger partial charge is 0.266 e. The first-order valence-electron chi connectivity index (χ1n) is 10.3. The average Bonchev–Trinajstić information content (AvgIpc) is 2.83. The lowest BCUT2D eigenvalue weighted by molar-refractivity contribution is -0.112. The van der Waals surface area contributed by atoms with Crippen molar-refractivity contribution in [2.24, 2.45) is 0 Å². The zero-order chi connectivity index (χ0) is 24.5. The van der Waals surface area contributed by atoms with E-state index in [1.54, 1.807) is 43.5 Å². The summed E-state index contributed by atoms with van der Waals surface area (Å²) >= 11 is 9.90. The maximum Gasteiger partial charge on any atom is 0.266 e. The molecule has 1 N–H and O–H groups in total. The van der Waals surface area contributed by atoms with Crippen LogP contribution in [0, 0.1) is 11.3 Å². The highest BCUT2D eigenvalue weighted by molar-refractivity contribution is 9.10. The van der Waals surface area contributed by atoms with E-state index < -0.39 is 5.91 Å². The van der Waals surface area contributed by atoms with Crippen LogP contribution in [0.2, 0.25) is 5.02 Å². The van der Waals surface area contributed by atoms with Crippen LogP contribution in [0.1, 0.15) is 18.1 Å². The van der Waals surface area contributed by atoms with Gasteiger partial charge in [-0.15, -0.1) is 0 Å². The van der Waals surface area contributed by atoms with Crippen molar-refractivity contribution in [1.29, 1.82) is 5.26 Å². The molecule has 0 aliphatic heterocycles. The summed E-state index contributed by atoms with van der Waals surface area (Å²) in [5, 5.41) is 12.6. The summed E-state index contributed by atoms with van der Waals surface area (Å²) in [6, 6.07) is 19.8. The van der Waals surface area contributed by atoms with E-state index in [1.807, 2.05) is 37.3 Å². The van der Waals surface area contributed by atoms with E-state index in [0.717, 1.165) is 10.0 Å². The van der Waals surface area contributed by atoms with Crippen molar-refractivity contribution in [3.8, 4) is 23.3 Å². The zero-order valence-corrected chi connectivity index (χ0v) is 20.9. The molecule has 0 spiro atoms. The molecule has 3 rings (SSSR count). The Balaban J connectivity index is 1.81. The number of ether oxygens (including phenoxy) is 3. The molecule has 0 atom stereocenters. The molecule has 0 saturated heterocycles. The number of anilines is 1. The van der Waals surface area contributed by atoms with Crippen molar-refractivity contribution < 1.29 is 19.0 Å². The number of rotatable bonds is 9. The molecule has 0 saturated carbocycles. The molecule has 6 nitrogen and oxygen atoms in total. The van der Waals surface area contributed by atoms with Crippen LogP contribution in [-0.2, 0) is 11.4 Å². The summed E-state index contributed by atoms with van der Waals surface area (Å²) in [5.41, 5.74) is 1.95. The minimum atomic E-state index is -0.544. The third-order valence-electron chi connectivity index (χ3n) is 4.65. The number of nitrogens with one attached hydrogen (secondary N) is 1. The van der Waals surface area contributed by atoms with Gasteiger partial charge in [-0.3, -0.25) is 4.79 Å². The van der Waals surface area contributed by atoms with Crippen LogP contribution in [-0.4, -0.2) is 19.6 Å². The summed E-state index contributed by atoms with van der Waals surface area (Å²) in [4.78, 5) is 12.6. The lowest BCUT2D eigenvalue weighted by Gasteiger charge is -2.15. The van der Waals surface area contributed by atoms with Gasteiger partial charge in [0.05, 0.1) is 18.7 Å². The molecule has 3 aromatic carbocycles. The van der Waals surface area contributed by atoms with Crippen molar-refractivity contribution in [1.82, 2.24) is 0 Å². The van der Waals surface area contributed by atoms with Crippen LogP contribution in [0.3, 0.4) is 0 Å². The number of hydrogen-bond acceptors (Lipinski definition) is 5. The van der Waals surface area contributed by atoms with Crippen molar-refractivity contribution in [3.63, 3.8) is 0 Å². The minimum Gasteiger partial charge on any atom is -0.497 e. The fourth-order valence-electron chi connectivity index (χ4n) is 3.00. The van der Waals surface area contributed by atoms with Gasteiger partial charge >= 0.3 is 0 Å². The molecule has 0 unspecified atom stereocenters. The molecule has 34 heavy (non-hydrogen) atoms. The number of benzene rings is 3. The SMILES string of the molecule is CCOc1cc(/C=C(\C#N)C(=O)Nc2ccc(OC)cc2)cc(Cl)c1OCc1ccc(Br)cc1. The number of halogens is 2. The fourth-order valence-corrected chi connectivity index (χ4v) is 3.54. The third kappa shape index (κ3) is 6.77. The largest absolute Gasteiger partial charge is 0.497 e. The van der Waals surface area contributed by atoms with Gasteiger partial charge in [0, 0.05) is 10.2 Å². The van der Waals surface area contributed by atoms with Gasteiger partial charge < -0.3 is 19.5 Å². The summed E-state index contributed by atoms with van der Waals surface area (Å²) in [6.45, 7) is 2.54. The molecule has 3 aromatic rings. The van der Waals surface area contributed by atoms with Crippen molar-refractivity contribution >= 4 is 45.2 Å². The topological polar surface area (TPSA) is 80.6 Å². The van der Waals surface area contributed by atoms with E-state index >= 15 is 0 Å². The van der Waals surface area contributed by atoms with Crippen LogP contribution in [0.15, 0.2) is 70.7 Å². The molecule has 174 valence electrons. The van der Waals surface area contributed by atoms with E-state index in [-0.39, 0.29) is 5.57 Å². The van der Waals surface area contributed by atoms with Gasteiger partial charge in [-0.2, -0.15) is 5.26 Å². The van der Waals surface area contributed by atoms with E-state index in [9.17, 15) is 10.1 Å². The Labute approximate surface area is 211 Å². The average molecular weight is 542 g/mol. The second-order valence-corrected chi connectivity index (χ2v) is 8.35. The Hall–Kier alpha value is -3.47. The molecular formula is C26H22BrClN2O4. The van der Waals surface area contributed by atoms with Crippen LogP contribution in [0.4, 0.5) is 5.69 Å². The van der Waals surface area contributed by atoms with Crippen LogP contribution < -0.4 is 19.5 Å². The highest BCUT2D eigenvalue weighted by atomic mass is 79.9. The number of hydrogen-bond donors (Lipinski definition) is 1. The van der Waals surface area contributed by atoms with Gasteiger partial charge in [-0.25, -0.2) is 0 Å². The highest BCUT2D eigenvalue weighted by Crippen LogP contribution is 2.38. The molecule has 1 amide bonds. The Morgan fingerprint density at radius 1 is 1.12 bits per heavy atom. The zero-order valence-electron chi connectivity index (χ0n) is 18.6. The number of methoxy groups -OCH3 is 1. The summed E-state index contributed by atoms with van der Waals surface area (Å²) in [7, 11) is 1.56. The number of amides is 1. The maximum atomic E-state index is 12.6. The fraction of sp³-hybridized carbons (Fsp3) is 0.154. The molecule has 0 bridgehead atoms. The Morgan fingerprint density at radius 3 is 2.44 bits per heavy atom. The van der Waals surface area contributed by atoms with Crippen molar-refractivity contribution in [3.05, 3.63) is 86.9 Å². The predicted molar refractivity (Wildman–Crippen MR) is 136 cm³/mol. The number of nitriles is 1. The van der Waals surface area contributed by atoms with Gasteiger partial charge in [-0.05, 0) is 72.7 Å². The van der Waals surface area contributed by atoms with E-state index in [4.69, 9.17) is 25.8 Å². The molecule has 0 aliphatic rings. The standard InChI is InChI=1S/C26H22BrClN2O4/c1-3-33-24-14-18(13-23(28)25(24)34-16-17-4-6-20(27)7-5-17)12-19(15-29)26(31)30-21-8-10-22(32-2)11-9-21/h4-14H,3,16H2,1-2H3,(H,30,31)/b19-12+. The summed E-state index contributed by atoms with van der Waals surface area (Å²) in [5.74, 6) is 0.933. The Bertz CT molecular complexity index is 1220. The van der Waals surface area contributed by atoms with E-state index in [0.29, 0.717) is 46.7 Å². The van der Waals surface area contributed by atoms with E-state index in [1.165, 1.54) is 6.08 Å². The second-order valence-electron chi connectivity index (χ2n) is 7.03. The maximum absolute atomic E-state index is 12.6. The Kier molecular flexibility index (Phi) is 8.97. The third-order valence-corrected chi connectivity index (χ3v) is 5.46.